The molecule has 0 aliphatic carbocycles. The van der Waals surface area contributed by atoms with Gasteiger partial charge in [0.1, 0.15) is 111 Å². The molecule has 0 amide bonds. The fraction of sp³-hybridized carbons (Fsp3) is 0. The third-order valence-electron chi connectivity index (χ3n) is 12.0. The topological polar surface area (TPSA) is 69.9 Å². The molecule has 0 spiro atoms. The van der Waals surface area contributed by atoms with Crippen molar-refractivity contribution in [2.75, 3.05) is 0 Å². The van der Waals surface area contributed by atoms with E-state index in [2.05, 4.69) is 28.8 Å². The Morgan fingerprint density at radius 1 is 0.349 bits per heavy atom. The van der Waals surface area contributed by atoms with Crippen LogP contribution in [0.4, 0.5) is 0 Å². The number of benzene rings is 7. The second-order valence-electron chi connectivity index (χ2n) is 15.3. The van der Waals surface area contributed by atoms with Crippen LogP contribution in [0.5, 0.6) is 0 Å². The van der Waals surface area contributed by atoms with Crippen molar-refractivity contribution in [1.82, 2.24) is 19.5 Å². The van der Waals surface area contributed by atoms with Gasteiger partial charge in [-0.2, -0.15) is 0 Å². The Hall–Kier alpha value is -6.27. The van der Waals surface area contributed by atoms with Gasteiger partial charge in [0, 0.05) is 49.0 Å². The van der Waals surface area contributed by atoms with Crippen LogP contribution in [0.15, 0.2) is 93.8 Å². The van der Waals surface area contributed by atoms with Gasteiger partial charge in [-0.1, -0.05) is 93.4 Å². The molecule has 4 aromatic heterocycles. The Bertz CT molecular complexity index is 3780. The van der Waals surface area contributed by atoms with Crippen molar-refractivity contribution in [3.8, 4) is 39.9 Å². The lowest BCUT2D eigenvalue weighted by Gasteiger charge is -2.21. The summed E-state index contributed by atoms with van der Waals surface area (Å²) in [5, 5.41) is 4.26. The Morgan fingerprint density at radius 2 is 0.810 bits per heavy atom. The van der Waals surface area contributed by atoms with Gasteiger partial charge in [0.05, 0.1) is 16.7 Å². The molecule has 4 heterocycles. The van der Waals surface area contributed by atoms with Crippen LogP contribution in [0.1, 0.15) is 0 Å². The summed E-state index contributed by atoms with van der Waals surface area (Å²) in [4.78, 5) is 14.8. The molecule has 0 aliphatic heterocycles. The first-order chi connectivity index (χ1) is 30.3. The molecule has 0 N–H and O–H groups in total. The Kier molecular flexibility index (Phi) is 8.87. The molecule has 0 saturated carbocycles. The molecule has 18 heteroatoms. The van der Waals surface area contributed by atoms with E-state index >= 15 is 0 Å². The lowest BCUT2D eigenvalue weighted by Crippen LogP contribution is -2.55. The number of nitrogens with zero attached hydrogens (tertiary/aromatic N) is 4. The van der Waals surface area contributed by atoms with E-state index in [1.54, 1.807) is 0 Å². The van der Waals surface area contributed by atoms with Crippen LogP contribution in [0.25, 0.3) is 106 Å². The molecule has 63 heavy (non-hydrogen) atoms. The van der Waals surface area contributed by atoms with E-state index in [0.29, 0.717) is 27.5 Å². The molecule has 11 rings (SSSR count). The zero-order chi connectivity index (χ0) is 43.9. The molecule has 24 radical (unpaired) electrons. The summed E-state index contributed by atoms with van der Waals surface area (Å²) in [6.07, 6.45) is 0. The molecule has 0 saturated heterocycles. The van der Waals surface area contributed by atoms with E-state index in [1.807, 2.05) is 60.7 Å². The van der Waals surface area contributed by atoms with Crippen molar-refractivity contribution in [3.63, 3.8) is 0 Å². The van der Waals surface area contributed by atoms with E-state index in [4.69, 9.17) is 118 Å². The SMILES string of the molecule is [B]c1c([B])c([B])c(-c2nc(-c3c([B])c([B])c4c(oc5c([B])c([B])c([B])c([B])c54)c3[B])nc(-c3cccc4oc5c(-n6c7ccccc7c7ccccc76)cccc5c34)n2)c([B])c1[B]. The standard InChI is InChI=1S/C45H14B12N4O2/c46-28-24-25-29(47)34(52)38(56)39(57)42(25)63-41(24)33(51)27(30(28)48)45-59-43(58-44(60-45)26-31(49)35(53)37(55)36(54)32(26)50)18-10-6-14-22-23(18)17-9-5-13-21(40(17)62-22)61-19-11-3-1-7-15(19)16-8-2-4-12-20(16)61/h1-14H. The molecule has 0 unspecified atom stereocenters. The summed E-state index contributed by atoms with van der Waals surface area (Å²) in [6, 6.07) is 28.0. The summed E-state index contributed by atoms with van der Waals surface area (Å²) >= 11 is 0. The number of para-hydroxylation sites is 3. The van der Waals surface area contributed by atoms with Crippen LogP contribution in [0.3, 0.4) is 0 Å². The summed E-state index contributed by atoms with van der Waals surface area (Å²) in [5.74, 6) is 0.0762. The maximum absolute atomic E-state index is 6.96. The van der Waals surface area contributed by atoms with E-state index in [0.717, 1.165) is 32.9 Å². The summed E-state index contributed by atoms with van der Waals surface area (Å²) in [7, 11) is 78.1. The lowest BCUT2D eigenvalue weighted by atomic mass is 9.60. The van der Waals surface area contributed by atoms with Crippen LogP contribution in [0, 0.1) is 0 Å². The van der Waals surface area contributed by atoms with Crippen LogP contribution >= 0.6 is 0 Å². The van der Waals surface area contributed by atoms with Gasteiger partial charge in [-0.25, -0.2) is 15.0 Å². The van der Waals surface area contributed by atoms with Gasteiger partial charge < -0.3 is 13.4 Å². The molecule has 7 aromatic carbocycles. The van der Waals surface area contributed by atoms with Crippen LogP contribution in [-0.4, -0.2) is 114 Å². The van der Waals surface area contributed by atoms with Gasteiger partial charge in [0.2, 0.25) is 0 Å². The number of hydrogen-bond donors (Lipinski definition) is 0. The average Bonchev–Trinajstić information content (AvgIpc) is 3.99. The minimum Gasteiger partial charge on any atom is -0.457 e. The van der Waals surface area contributed by atoms with E-state index in [-0.39, 0.29) is 111 Å². The van der Waals surface area contributed by atoms with Gasteiger partial charge in [0.15, 0.2) is 23.1 Å². The minimum atomic E-state index is -0.0393. The molecule has 11 aromatic rings. The fourth-order valence-corrected chi connectivity index (χ4v) is 8.83. The zero-order valence-electron chi connectivity index (χ0n) is 33.1. The first-order valence-electron chi connectivity index (χ1n) is 19.4. The molecule has 0 aliphatic rings. The van der Waals surface area contributed by atoms with Crippen molar-refractivity contribution in [1.29, 1.82) is 0 Å². The van der Waals surface area contributed by atoms with Crippen molar-refractivity contribution in [2.24, 2.45) is 0 Å². The van der Waals surface area contributed by atoms with Crippen molar-refractivity contribution < 1.29 is 8.83 Å². The zero-order valence-corrected chi connectivity index (χ0v) is 33.1. The van der Waals surface area contributed by atoms with E-state index < -0.39 is 0 Å². The highest BCUT2D eigenvalue weighted by Gasteiger charge is 2.26. The van der Waals surface area contributed by atoms with Crippen molar-refractivity contribution in [3.05, 3.63) is 84.9 Å². The monoisotopic (exact) mass is 774 g/mol. The predicted octanol–water partition coefficient (Wildman–Crippen LogP) is -2.71. The Balaban J connectivity index is 1.22. The van der Waals surface area contributed by atoms with E-state index in [1.165, 1.54) is 0 Å². The lowest BCUT2D eigenvalue weighted by molar-refractivity contribution is 0.666. The maximum Gasteiger partial charge on any atom is 0.164 e. The predicted molar refractivity (Wildman–Crippen MR) is 270 cm³/mol. The molecule has 0 bridgehead atoms. The summed E-state index contributed by atoms with van der Waals surface area (Å²) in [5.41, 5.74) is 5.18. The summed E-state index contributed by atoms with van der Waals surface area (Å²) < 4.78 is 15.2. The van der Waals surface area contributed by atoms with Crippen molar-refractivity contribution >= 4 is 225 Å². The molecule has 0 fully saturated rings. The number of aromatic nitrogens is 4. The van der Waals surface area contributed by atoms with Gasteiger partial charge in [-0.15, -0.1) is 27.3 Å². The quantitative estimate of drug-likeness (QED) is 0.183. The number of furan rings is 2. The Labute approximate surface area is 376 Å². The molecular weight excluding hydrogens is 758 g/mol. The highest BCUT2D eigenvalue weighted by molar-refractivity contribution is 6.70. The number of hydrogen-bond acceptors (Lipinski definition) is 5. The molecule has 262 valence electrons. The largest absolute Gasteiger partial charge is 0.457 e. The summed E-state index contributed by atoms with van der Waals surface area (Å²) in [6.45, 7) is 0. The second kappa shape index (κ2) is 14.1. The average molecular weight is 772 g/mol. The van der Waals surface area contributed by atoms with Crippen LogP contribution in [0.2, 0.25) is 0 Å². The highest BCUT2D eigenvalue weighted by Crippen LogP contribution is 2.41. The van der Waals surface area contributed by atoms with Crippen LogP contribution < -0.4 is 65.6 Å². The third kappa shape index (κ3) is 5.46. The minimum absolute atomic E-state index is 0.00740. The van der Waals surface area contributed by atoms with Crippen molar-refractivity contribution in [2.45, 2.75) is 0 Å². The number of fused-ring (bicyclic) bond motifs is 9. The van der Waals surface area contributed by atoms with Gasteiger partial charge in [0.25, 0.3) is 0 Å². The van der Waals surface area contributed by atoms with Gasteiger partial charge in [-0.05, 0) is 29.7 Å². The smallest absolute Gasteiger partial charge is 0.164 e. The van der Waals surface area contributed by atoms with Crippen LogP contribution in [-0.2, 0) is 0 Å². The molecule has 0 atom stereocenters. The fourth-order valence-electron chi connectivity index (χ4n) is 8.83. The normalized spacial score (nSPS) is 11.9. The second-order valence-corrected chi connectivity index (χ2v) is 15.3. The maximum atomic E-state index is 6.96. The number of rotatable bonds is 4. The third-order valence-corrected chi connectivity index (χ3v) is 12.0. The Morgan fingerprint density at radius 3 is 1.44 bits per heavy atom. The van der Waals surface area contributed by atoms with Gasteiger partial charge in [-0.3, -0.25) is 0 Å². The van der Waals surface area contributed by atoms with E-state index in [9.17, 15) is 0 Å². The van der Waals surface area contributed by atoms with Gasteiger partial charge >= 0.3 is 0 Å². The first-order valence-corrected chi connectivity index (χ1v) is 19.4. The highest BCUT2D eigenvalue weighted by atomic mass is 16.3. The molecular formula is C45H14B12N4O2. The first kappa shape index (κ1) is 39.6. The molecule has 6 nitrogen and oxygen atoms in total.